The van der Waals surface area contributed by atoms with Gasteiger partial charge in [-0.15, -0.1) is 0 Å². The number of nitrogens with zero attached hydrogens (tertiary/aromatic N) is 2. The van der Waals surface area contributed by atoms with Crippen molar-refractivity contribution in [2.24, 2.45) is 0 Å². The Hall–Kier alpha value is -0.160. The van der Waals surface area contributed by atoms with Crippen LogP contribution in [-0.4, -0.2) is 73.5 Å². The lowest BCUT2D eigenvalue weighted by atomic mass is 9.95. The fourth-order valence-electron chi connectivity index (χ4n) is 3.53. The van der Waals surface area contributed by atoms with Crippen molar-refractivity contribution >= 4 is 0 Å². The third kappa shape index (κ3) is 2.65. The molecular weight excluding hydrogens is 216 g/mol. The van der Waals surface area contributed by atoms with Gasteiger partial charge in [-0.2, -0.15) is 0 Å². The molecule has 2 aliphatic rings. The molecular formula is C13H26N2O2. The molecule has 0 aromatic heterocycles. The van der Waals surface area contributed by atoms with Gasteiger partial charge in [-0.3, -0.25) is 4.90 Å². The lowest BCUT2D eigenvalue weighted by Gasteiger charge is -2.34. The van der Waals surface area contributed by atoms with Gasteiger partial charge in [-0.25, -0.2) is 0 Å². The van der Waals surface area contributed by atoms with Crippen molar-refractivity contribution in [1.29, 1.82) is 0 Å². The van der Waals surface area contributed by atoms with Crippen LogP contribution in [0.3, 0.4) is 0 Å². The van der Waals surface area contributed by atoms with Crippen LogP contribution in [0.25, 0.3) is 0 Å². The topological polar surface area (TPSA) is 35.9 Å². The Morgan fingerprint density at radius 2 is 2.29 bits per heavy atom. The molecule has 2 aliphatic heterocycles. The highest BCUT2D eigenvalue weighted by molar-refractivity contribution is 5.04. The number of aliphatic hydroxyl groups excluding tert-OH is 1. The monoisotopic (exact) mass is 242 g/mol. The number of rotatable bonds is 6. The lowest BCUT2D eigenvalue weighted by molar-refractivity contribution is 0.0646. The number of fused-ring (bicyclic) bond motifs is 1. The van der Waals surface area contributed by atoms with E-state index in [2.05, 4.69) is 16.8 Å². The van der Waals surface area contributed by atoms with Gasteiger partial charge in [0.2, 0.25) is 0 Å². The highest BCUT2D eigenvalue weighted by atomic mass is 16.5. The van der Waals surface area contributed by atoms with E-state index in [0.29, 0.717) is 12.6 Å². The number of ether oxygens (including phenoxy) is 1. The van der Waals surface area contributed by atoms with Crippen LogP contribution in [0.2, 0.25) is 0 Å². The average Bonchev–Trinajstić information content (AvgIpc) is 2.88. The maximum absolute atomic E-state index is 9.65. The van der Waals surface area contributed by atoms with Crippen molar-refractivity contribution in [3.8, 4) is 0 Å². The summed E-state index contributed by atoms with van der Waals surface area (Å²) in [6.07, 6.45) is 4.84. The quantitative estimate of drug-likeness (QED) is 0.738. The first-order valence-corrected chi connectivity index (χ1v) is 6.77. The van der Waals surface area contributed by atoms with Gasteiger partial charge in [-0.05, 0) is 39.3 Å². The summed E-state index contributed by atoms with van der Waals surface area (Å²) < 4.78 is 5.11. The van der Waals surface area contributed by atoms with E-state index in [9.17, 15) is 5.11 Å². The zero-order chi connectivity index (χ0) is 12.3. The van der Waals surface area contributed by atoms with Crippen LogP contribution >= 0.6 is 0 Å². The van der Waals surface area contributed by atoms with Gasteiger partial charge in [0.1, 0.15) is 0 Å². The van der Waals surface area contributed by atoms with Crippen LogP contribution in [0.5, 0.6) is 0 Å². The molecule has 4 heteroatoms. The smallest absolute Gasteiger partial charge is 0.0615 e. The normalized spacial score (nSPS) is 33.5. The molecule has 4 nitrogen and oxygen atoms in total. The van der Waals surface area contributed by atoms with Crippen molar-refractivity contribution in [1.82, 2.24) is 9.80 Å². The van der Waals surface area contributed by atoms with Crippen molar-refractivity contribution in [3.63, 3.8) is 0 Å². The molecule has 100 valence electrons. The predicted molar refractivity (Wildman–Crippen MR) is 68.2 cm³/mol. The minimum absolute atomic E-state index is 0.132. The van der Waals surface area contributed by atoms with Gasteiger partial charge in [-0.1, -0.05) is 0 Å². The van der Waals surface area contributed by atoms with Gasteiger partial charge in [0.15, 0.2) is 0 Å². The van der Waals surface area contributed by atoms with Gasteiger partial charge in [0.05, 0.1) is 13.2 Å². The SMILES string of the molecule is COCCN(C)CC1CCC2(CO)CCCN12. The predicted octanol–water partition coefficient (Wildman–Crippen LogP) is 0.554. The fraction of sp³-hybridized carbons (Fsp3) is 1.00. The van der Waals surface area contributed by atoms with Crippen molar-refractivity contribution in [3.05, 3.63) is 0 Å². The molecule has 2 heterocycles. The highest BCUT2D eigenvalue weighted by Gasteiger charge is 2.48. The molecule has 0 amide bonds. The molecule has 0 aromatic rings. The van der Waals surface area contributed by atoms with E-state index in [-0.39, 0.29) is 5.54 Å². The number of likely N-dealkylation sites (N-methyl/N-ethyl adjacent to an activating group) is 1. The molecule has 17 heavy (non-hydrogen) atoms. The summed E-state index contributed by atoms with van der Waals surface area (Å²) >= 11 is 0. The summed E-state index contributed by atoms with van der Waals surface area (Å²) in [4.78, 5) is 4.91. The zero-order valence-electron chi connectivity index (χ0n) is 11.2. The van der Waals surface area contributed by atoms with E-state index in [1.165, 1.54) is 32.2 Å². The average molecular weight is 242 g/mol. The molecule has 2 rings (SSSR count). The second-order valence-electron chi connectivity index (χ2n) is 5.63. The van der Waals surface area contributed by atoms with Crippen LogP contribution in [-0.2, 0) is 4.74 Å². The first-order chi connectivity index (χ1) is 8.22. The Bertz CT molecular complexity index is 250. The van der Waals surface area contributed by atoms with E-state index in [0.717, 1.165) is 19.7 Å². The largest absolute Gasteiger partial charge is 0.394 e. The molecule has 2 fully saturated rings. The number of hydrogen-bond acceptors (Lipinski definition) is 4. The first-order valence-electron chi connectivity index (χ1n) is 6.77. The van der Waals surface area contributed by atoms with Gasteiger partial charge in [0, 0.05) is 31.8 Å². The molecule has 0 spiro atoms. The highest BCUT2D eigenvalue weighted by Crippen LogP contribution is 2.42. The summed E-state index contributed by atoms with van der Waals surface area (Å²) in [7, 11) is 3.91. The molecule has 0 bridgehead atoms. The Morgan fingerprint density at radius 3 is 3.00 bits per heavy atom. The second-order valence-corrected chi connectivity index (χ2v) is 5.63. The molecule has 0 radical (unpaired) electrons. The van der Waals surface area contributed by atoms with E-state index < -0.39 is 0 Å². The first kappa shape index (κ1) is 13.3. The zero-order valence-corrected chi connectivity index (χ0v) is 11.2. The van der Waals surface area contributed by atoms with Crippen molar-refractivity contribution < 1.29 is 9.84 Å². The summed E-state index contributed by atoms with van der Waals surface area (Å²) in [5.74, 6) is 0. The maximum atomic E-state index is 9.65. The minimum atomic E-state index is 0.132. The van der Waals surface area contributed by atoms with Crippen LogP contribution in [0.15, 0.2) is 0 Å². The van der Waals surface area contributed by atoms with Gasteiger partial charge >= 0.3 is 0 Å². The molecule has 0 saturated carbocycles. The van der Waals surface area contributed by atoms with E-state index >= 15 is 0 Å². The Kier molecular flexibility index (Phi) is 4.42. The third-order valence-corrected chi connectivity index (χ3v) is 4.53. The van der Waals surface area contributed by atoms with Gasteiger partial charge in [0.25, 0.3) is 0 Å². The third-order valence-electron chi connectivity index (χ3n) is 4.53. The summed E-state index contributed by atoms with van der Waals surface area (Å²) in [5.41, 5.74) is 0.132. The van der Waals surface area contributed by atoms with E-state index in [1.54, 1.807) is 7.11 Å². The van der Waals surface area contributed by atoms with Gasteiger partial charge < -0.3 is 14.7 Å². The molecule has 1 N–H and O–H groups in total. The Labute approximate surface area is 105 Å². The Balaban J connectivity index is 1.86. The van der Waals surface area contributed by atoms with Crippen molar-refractivity contribution in [2.75, 3.05) is 47.0 Å². The molecule has 0 aromatic carbocycles. The lowest BCUT2D eigenvalue weighted by Crippen LogP contribution is -2.48. The standard InChI is InChI=1S/C13H26N2O2/c1-14(8-9-17-2)10-12-4-6-13(11-16)5-3-7-15(12)13/h12,16H,3-11H2,1-2H3. The summed E-state index contributed by atoms with van der Waals surface area (Å²) in [6.45, 7) is 4.40. The summed E-state index contributed by atoms with van der Waals surface area (Å²) in [6, 6.07) is 0.631. The maximum Gasteiger partial charge on any atom is 0.0615 e. The van der Waals surface area contributed by atoms with E-state index in [1.807, 2.05) is 0 Å². The molecule has 2 atom stereocenters. The second kappa shape index (κ2) is 5.65. The number of aliphatic hydroxyl groups is 1. The minimum Gasteiger partial charge on any atom is -0.394 e. The number of methoxy groups -OCH3 is 1. The van der Waals surface area contributed by atoms with E-state index in [4.69, 9.17) is 4.74 Å². The number of hydrogen-bond donors (Lipinski definition) is 1. The molecule has 2 unspecified atom stereocenters. The van der Waals surface area contributed by atoms with Crippen LogP contribution in [0, 0.1) is 0 Å². The van der Waals surface area contributed by atoms with Crippen molar-refractivity contribution in [2.45, 2.75) is 37.3 Å². The van der Waals surface area contributed by atoms with Crippen LogP contribution in [0.4, 0.5) is 0 Å². The summed E-state index contributed by atoms with van der Waals surface area (Å²) in [5, 5.41) is 9.65. The Morgan fingerprint density at radius 1 is 1.47 bits per heavy atom. The van der Waals surface area contributed by atoms with Crippen LogP contribution < -0.4 is 0 Å². The molecule has 0 aliphatic carbocycles. The fourth-order valence-corrected chi connectivity index (χ4v) is 3.53. The van der Waals surface area contributed by atoms with Crippen LogP contribution in [0.1, 0.15) is 25.7 Å². The molecule has 2 saturated heterocycles.